The molecule has 1 rings (SSSR count). The molecule has 4 nitrogen and oxygen atoms in total. The van der Waals surface area contributed by atoms with Crippen molar-refractivity contribution in [1.29, 1.82) is 0 Å². The Morgan fingerprint density at radius 1 is 1.19 bits per heavy atom. The van der Waals surface area contributed by atoms with Gasteiger partial charge >= 0.3 is 6.18 Å². The monoisotopic (exact) mass is 237 g/mol. The summed E-state index contributed by atoms with van der Waals surface area (Å²) in [6, 6.07) is 0. The van der Waals surface area contributed by atoms with Crippen molar-refractivity contribution in [3.8, 4) is 11.5 Å². The van der Waals surface area contributed by atoms with E-state index in [2.05, 4.69) is 4.98 Å². The second kappa shape index (κ2) is 4.56. The van der Waals surface area contributed by atoms with Crippen LogP contribution in [-0.4, -0.2) is 30.5 Å². The van der Waals surface area contributed by atoms with Crippen LogP contribution in [0.3, 0.4) is 0 Å². The first-order chi connectivity index (χ1) is 7.41. The largest absolute Gasteiger partial charge is 0.495 e. The first-order valence-corrected chi connectivity index (χ1v) is 4.22. The molecule has 0 aromatic carbocycles. The third-order valence-corrected chi connectivity index (χ3v) is 1.94. The van der Waals surface area contributed by atoms with Crippen molar-refractivity contribution in [1.82, 2.24) is 4.98 Å². The molecule has 1 heterocycles. The summed E-state index contributed by atoms with van der Waals surface area (Å²) in [6.45, 7) is 0. The molecule has 0 spiro atoms. The van der Waals surface area contributed by atoms with Crippen LogP contribution in [-0.2, 0) is 0 Å². The smallest absolute Gasteiger partial charge is 0.418 e. The molecule has 0 fully saturated rings. The minimum Gasteiger partial charge on any atom is -0.495 e. The van der Waals surface area contributed by atoms with Crippen LogP contribution in [0.25, 0.3) is 0 Å². The highest BCUT2D eigenvalue weighted by Gasteiger charge is 2.42. The summed E-state index contributed by atoms with van der Waals surface area (Å²) in [6.07, 6.45) is -5.30. The molecule has 0 aliphatic rings. The molecule has 1 N–H and O–H groups in total. The van der Waals surface area contributed by atoms with Crippen molar-refractivity contribution in [2.75, 3.05) is 14.2 Å². The Morgan fingerprint density at radius 2 is 1.62 bits per heavy atom. The summed E-state index contributed by atoms with van der Waals surface area (Å²) in [5, 5.41) is 9.17. The standard InChI is InChI=1S/C9H10F3NO3/c1-15-5-3-13-4-6(16-2)7(5)8(14)9(10,11)12/h3-4,8,14H,1-2H3/t8-/m0/s1. The number of pyridine rings is 1. The Hall–Kier alpha value is -1.50. The summed E-state index contributed by atoms with van der Waals surface area (Å²) in [7, 11) is 2.37. The molecule has 16 heavy (non-hydrogen) atoms. The molecule has 0 amide bonds. The molecule has 0 saturated carbocycles. The summed E-state index contributed by atoms with van der Waals surface area (Å²) >= 11 is 0. The second-order valence-electron chi connectivity index (χ2n) is 2.90. The molecule has 0 bridgehead atoms. The van der Waals surface area contributed by atoms with Crippen molar-refractivity contribution in [3.63, 3.8) is 0 Å². The van der Waals surface area contributed by atoms with Gasteiger partial charge in [0.15, 0.2) is 6.10 Å². The highest BCUT2D eigenvalue weighted by Crippen LogP contribution is 2.41. The van der Waals surface area contributed by atoms with Gasteiger partial charge in [-0.15, -0.1) is 0 Å². The number of nitrogens with zero attached hydrogens (tertiary/aromatic N) is 1. The van der Waals surface area contributed by atoms with Crippen molar-refractivity contribution in [2.24, 2.45) is 0 Å². The van der Waals surface area contributed by atoms with Crippen LogP contribution in [0, 0.1) is 0 Å². The predicted octanol–water partition coefficient (Wildman–Crippen LogP) is 1.69. The summed E-state index contributed by atoms with van der Waals surface area (Å²) in [4.78, 5) is 3.62. The fourth-order valence-corrected chi connectivity index (χ4v) is 1.19. The zero-order chi connectivity index (χ0) is 12.3. The minimum absolute atomic E-state index is 0.177. The Kier molecular flexibility index (Phi) is 3.58. The zero-order valence-electron chi connectivity index (χ0n) is 8.58. The molecular formula is C9H10F3NO3. The van der Waals surface area contributed by atoms with Crippen LogP contribution < -0.4 is 9.47 Å². The quantitative estimate of drug-likeness (QED) is 0.869. The molecule has 1 aromatic heterocycles. The summed E-state index contributed by atoms with van der Waals surface area (Å²) in [5.41, 5.74) is -0.479. The van der Waals surface area contributed by atoms with E-state index < -0.39 is 17.8 Å². The molecule has 90 valence electrons. The first kappa shape index (κ1) is 12.6. The highest BCUT2D eigenvalue weighted by molar-refractivity contribution is 5.44. The lowest BCUT2D eigenvalue weighted by atomic mass is 10.1. The zero-order valence-corrected chi connectivity index (χ0v) is 8.58. The molecule has 0 unspecified atom stereocenters. The van der Waals surface area contributed by atoms with Crippen molar-refractivity contribution >= 4 is 0 Å². The first-order valence-electron chi connectivity index (χ1n) is 4.22. The van der Waals surface area contributed by atoms with E-state index in [-0.39, 0.29) is 11.5 Å². The molecule has 1 atom stereocenters. The van der Waals surface area contributed by atoms with E-state index in [1.807, 2.05) is 0 Å². The molecule has 0 aliphatic carbocycles. The molecule has 0 radical (unpaired) electrons. The predicted molar refractivity (Wildman–Crippen MR) is 48.4 cm³/mol. The van der Waals surface area contributed by atoms with Gasteiger partial charge in [0.2, 0.25) is 0 Å². The van der Waals surface area contributed by atoms with E-state index in [9.17, 15) is 13.2 Å². The molecule has 7 heteroatoms. The third kappa shape index (κ3) is 2.35. The van der Waals surface area contributed by atoms with Gasteiger partial charge in [-0.25, -0.2) is 0 Å². The van der Waals surface area contributed by atoms with Gasteiger partial charge in [0.1, 0.15) is 11.5 Å². The number of aromatic nitrogens is 1. The van der Waals surface area contributed by atoms with Crippen LogP contribution in [0.4, 0.5) is 13.2 Å². The number of ether oxygens (including phenoxy) is 2. The SMILES string of the molecule is COc1cncc(OC)c1[C@H](O)C(F)(F)F. The topological polar surface area (TPSA) is 51.6 Å². The van der Waals surface area contributed by atoms with Gasteiger partial charge in [0, 0.05) is 0 Å². The van der Waals surface area contributed by atoms with Crippen molar-refractivity contribution < 1.29 is 27.8 Å². The number of hydrogen-bond acceptors (Lipinski definition) is 4. The van der Waals surface area contributed by atoms with E-state index in [4.69, 9.17) is 14.6 Å². The number of hydrogen-bond donors (Lipinski definition) is 1. The lowest BCUT2D eigenvalue weighted by molar-refractivity contribution is -0.207. The Labute approximate surface area is 89.6 Å². The van der Waals surface area contributed by atoms with Gasteiger partial charge in [-0.3, -0.25) is 4.98 Å². The Bertz CT molecular complexity index is 345. The third-order valence-electron chi connectivity index (χ3n) is 1.94. The van der Waals surface area contributed by atoms with Gasteiger partial charge < -0.3 is 14.6 Å². The number of rotatable bonds is 3. The van der Waals surface area contributed by atoms with Gasteiger partial charge in [-0.2, -0.15) is 13.2 Å². The van der Waals surface area contributed by atoms with Gasteiger partial charge in [0.05, 0.1) is 32.2 Å². The highest BCUT2D eigenvalue weighted by atomic mass is 19.4. The maximum atomic E-state index is 12.4. The normalized spacial score (nSPS) is 13.4. The van der Waals surface area contributed by atoms with Gasteiger partial charge in [-0.05, 0) is 0 Å². The van der Waals surface area contributed by atoms with Crippen molar-refractivity contribution in [2.45, 2.75) is 12.3 Å². The minimum atomic E-state index is -4.79. The number of aliphatic hydroxyl groups excluding tert-OH is 1. The molecule has 0 saturated heterocycles. The lowest BCUT2D eigenvalue weighted by Gasteiger charge is -2.19. The average Bonchev–Trinajstić information content (AvgIpc) is 2.25. The summed E-state index contributed by atoms with van der Waals surface area (Å²) < 4.78 is 46.6. The maximum Gasteiger partial charge on any atom is 0.418 e. The second-order valence-corrected chi connectivity index (χ2v) is 2.90. The van der Waals surface area contributed by atoms with E-state index >= 15 is 0 Å². The average molecular weight is 237 g/mol. The molecule has 1 aromatic rings. The van der Waals surface area contributed by atoms with Crippen LogP contribution in [0.5, 0.6) is 11.5 Å². The van der Waals surface area contributed by atoms with Crippen LogP contribution >= 0.6 is 0 Å². The Balaban J connectivity index is 3.28. The van der Waals surface area contributed by atoms with E-state index in [0.717, 1.165) is 12.4 Å². The fraction of sp³-hybridized carbons (Fsp3) is 0.444. The molecular weight excluding hydrogens is 227 g/mol. The van der Waals surface area contributed by atoms with Crippen LogP contribution in [0.15, 0.2) is 12.4 Å². The number of aliphatic hydroxyl groups is 1. The number of methoxy groups -OCH3 is 2. The molecule has 0 aliphatic heterocycles. The fourth-order valence-electron chi connectivity index (χ4n) is 1.19. The van der Waals surface area contributed by atoms with E-state index in [1.54, 1.807) is 0 Å². The van der Waals surface area contributed by atoms with Gasteiger partial charge in [0.25, 0.3) is 0 Å². The summed E-state index contributed by atoms with van der Waals surface area (Å²) in [5.74, 6) is -0.353. The lowest BCUT2D eigenvalue weighted by Crippen LogP contribution is -2.21. The Morgan fingerprint density at radius 3 is 1.94 bits per heavy atom. The number of alkyl halides is 3. The van der Waals surface area contributed by atoms with Crippen LogP contribution in [0.1, 0.15) is 11.7 Å². The number of halogens is 3. The van der Waals surface area contributed by atoms with E-state index in [1.165, 1.54) is 14.2 Å². The van der Waals surface area contributed by atoms with Crippen molar-refractivity contribution in [3.05, 3.63) is 18.0 Å². The van der Waals surface area contributed by atoms with E-state index in [0.29, 0.717) is 0 Å². The maximum absolute atomic E-state index is 12.4. The van der Waals surface area contributed by atoms with Gasteiger partial charge in [-0.1, -0.05) is 0 Å². The van der Waals surface area contributed by atoms with Crippen LogP contribution in [0.2, 0.25) is 0 Å².